The molecular weight excluding hydrogens is 479 g/mol. The van der Waals surface area contributed by atoms with Crippen LogP contribution in [0.25, 0.3) is 6.08 Å². The van der Waals surface area contributed by atoms with Gasteiger partial charge in [0.25, 0.3) is 5.56 Å². The number of benzene rings is 1. The minimum atomic E-state index is -0.644. The smallest absolute Gasteiger partial charge is 0.338 e. The summed E-state index contributed by atoms with van der Waals surface area (Å²) in [7, 11) is 0. The summed E-state index contributed by atoms with van der Waals surface area (Å²) in [5.41, 5.74) is 0.805. The third-order valence-corrected chi connectivity index (χ3v) is 7.09. The second-order valence-electron chi connectivity index (χ2n) is 6.64. The Labute approximate surface area is 195 Å². The van der Waals surface area contributed by atoms with Crippen molar-refractivity contribution >= 4 is 57.9 Å². The van der Waals surface area contributed by atoms with Gasteiger partial charge in [-0.05, 0) is 43.5 Å². The third-order valence-electron chi connectivity index (χ3n) is 4.67. The number of nitrogens with zero attached hydrogens (tertiary/aromatic N) is 2. The molecule has 1 aromatic carbocycles. The van der Waals surface area contributed by atoms with Gasteiger partial charge in [-0.25, -0.2) is 9.79 Å². The lowest BCUT2D eigenvalue weighted by Gasteiger charge is -2.23. The molecule has 1 aliphatic heterocycles. The fourth-order valence-electron chi connectivity index (χ4n) is 3.34. The average Bonchev–Trinajstić information content (AvgIpc) is 3.34. The van der Waals surface area contributed by atoms with Crippen molar-refractivity contribution in [3.63, 3.8) is 0 Å². The van der Waals surface area contributed by atoms with E-state index in [1.807, 2.05) is 17.5 Å². The highest BCUT2D eigenvalue weighted by Gasteiger charge is 2.33. The number of thiophene rings is 1. The van der Waals surface area contributed by atoms with Gasteiger partial charge in [0.15, 0.2) is 4.80 Å². The summed E-state index contributed by atoms with van der Waals surface area (Å²) >= 11 is 14.7. The molecule has 0 saturated heterocycles. The first-order valence-corrected chi connectivity index (χ1v) is 11.7. The Morgan fingerprint density at radius 3 is 2.84 bits per heavy atom. The number of hydrogen-bond donors (Lipinski definition) is 1. The number of aromatic hydroxyl groups is 1. The number of phenols is 1. The first-order valence-electron chi connectivity index (χ1n) is 9.23. The van der Waals surface area contributed by atoms with Crippen LogP contribution in [0.15, 0.2) is 50.7 Å². The van der Waals surface area contributed by atoms with Gasteiger partial charge in [-0.2, -0.15) is 0 Å². The second-order valence-corrected chi connectivity index (χ2v) is 9.48. The van der Waals surface area contributed by atoms with Crippen LogP contribution in [-0.2, 0) is 9.53 Å². The number of hydrogen-bond acceptors (Lipinski definition) is 7. The van der Waals surface area contributed by atoms with Crippen molar-refractivity contribution in [2.75, 3.05) is 6.61 Å². The van der Waals surface area contributed by atoms with Gasteiger partial charge in [0.1, 0.15) is 11.8 Å². The Kier molecular flexibility index (Phi) is 6.07. The number of fused-ring (bicyclic) bond motifs is 1. The van der Waals surface area contributed by atoms with Gasteiger partial charge in [-0.15, -0.1) is 11.3 Å². The number of esters is 1. The Balaban J connectivity index is 1.97. The molecule has 0 fully saturated rings. The maximum absolute atomic E-state index is 13.4. The Bertz CT molecular complexity index is 1390. The number of ether oxygens (including phenoxy) is 1. The number of rotatable bonds is 4. The predicted molar refractivity (Wildman–Crippen MR) is 123 cm³/mol. The number of aromatic nitrogens is 1. The van der Waals surface area contributed by atoms with Gasteiger partial charge in [0, 0.05) is 15.5 Å². The second kappa shape index (κ2) is 8.63. The van der Waals surface area contributed by atoms with Gasteiger partial charge in [0.05, 0.1) is 27.4 Å². The summed E-state index contributed by atoms with van der Waals surface area (Å²) in [5, 5.41) is 12.6. The van der Waals surface area contributed by atoms with Crippen molar-refractivity contribution in [3.05, 3.63) is 81.1 Å². The van der Waals surface area contributed by atoms with E-state index >= 15 is 0 Å². The first kappa shape index (κ1) is 21.8. The zero-order chi connectivity index (χ0) is 22.3. The number of halogens is 2. The topological polar surface area (TPSA) is 80.9 Å². The van der Waals surface area contributed by atoms with Gasteiger partial charge in [-0.1, -0.05) is 40.6 Å². The maximum Gasteiger partial charge on any atom is 0.338 e. The minimum absolute atomic E-state index is 0.0865. The van der Waals surface area contributed by atoms with Crippen LogP contribution < -0.4 is 14.9 Å². The molecule has 0 amide bonds. The van der Waals surface area contributed by atoms with Gasteiger partial charge < -0.3 is 9.84 Å². The molecule has 3 heterocycles. The molecule has 31 heavy (non-hydrogen) atoms. The third kappa shape index (κ3) is 3.96. The van der Waals surface area contributed by atoms with Gasteiger partial charge >= 0.3 is 5.97 Å². The summed E-state index contributed by atoms with van der Waals surface area (Å²) < 4.78 is 7.06. The fourth-order valence-corrected chi connectivity index (χ4v) is 5.71. The van der Waals surface area contributed by atoms with Gasteiger partial charge in [-0.3, -0.25) is 9.36 Å². The lowest BCUT2D eigenvalue weighted by molar-refractivity contribution is -0.139. The van der Waals surface area contributed by atoms with E-state index in [1.54, 1.807) is 13.8 Å². The molecule has 6 nitrogen and oxygen atoms in total. The maximum atomic E-state index is 13.4. The molecule has 10 heteroatoms. The number of allylic oxidation sites excluding steroid dienone is 1. The van der Waals surface area contributed by atoms with Crippen molar-refractivity contribution in [2.24, 2.45) is 4.99 Å². The van der Waals surface area contributed by atoms with Crippen molar-refractivity contribution in [2.45, 2.75) is 19.9 Å². The molecule has 0 bridgehead atoms. The minimum Gasteiger partial charge on any atom is -0.506 e. The SMILES string of the molecule is CCOC(=O)C1=C(C)N=c2sc(=Cc3cc(Cl)cc(Cl)c3O)c(=O)n2C1c1cccs1. The summed E-state index contributed by atoms with van der Waals surface area (Å²) in [6, 6.07) is 6.03. The molecule has 0 spiro atoms. The molecule has 1 unspecified atom stereocenters. The highest BCUT2D eigenvalue weighted by molar-refractivity contribution is 7.10. The Morgan fingerprint density at radius 1 is 1.39 bits per heavy atom. The van der Waals surface area contributed by atoms with Crippen LogP contribution in [0, 0.1) is 0 Å². The number of thiazole rings is 1. The van der Waals surface area contributed by atoms with Crippen LogP contribution in [-0.4, -0.2) is 22.2 Å². The largest absolute Gasteiger partial charge is 0.506 e. The molecule has 1 aliphatic rings. The molecule has 1 atom stereocenters. The molecule has 2 aromatic heterocycles. The highest BCUT2D eigenvalue weighted by Crippen LogP contribution is 2.34. The molecule has 4 rings (SSSR count). The zero-order valence-corrected chi connectivity index (χ0v) is 19.5. The normalized spacial score (nSPS) is 16.3. The van der Waals surface area contributed by atoms with E-state index in [0.29, 0.717) is 31.2 Å². The summed E-state index contributed by atoms with van der Waals surface area (Å²) in [5.74, 6) is -0.675. The van der Waals surface area contributed by atoms with E-state index in [1.165, 1.54) is 34.1 Å². The van der Waals surface area contributed by atoms with E-state index < -0.39 is 12.0 Å². The standard InChI is InChI=1S/C21H16Cl2N2O4S2/c1-3-29-20(28)16-10(2)24-21-25(17(16)14-5-4-6-30-14)19(27)15(31-21)8-11-7-12(22)9-13(23)18(11)26/h4-9,17,26H,3H2,1-2H3. The lowest BCUT2D eigenvalue weighted by Crippen LogP contribution is -2.39. The molecule has 3 aromatic rings. The van der Waals surface area contributed by atoms with Crippen LogP contribution in [0.5, 0.6) is 5.75 Å². The monoisotopic (exact) mass is 494 g/mol. The Morgan fingerprint density at radius 2 is 2.16 bits per heavy atom. The highest BCUT2D eigenvalue weighted by atomic mass is 35.5. The van der Waals surface area contributed by atoms with Crippen LogP contribution in [0.2, 0.25) is 10.0 Å². The molecule has 160 valence electrons. The van der Waals surface area contributed by atoms with E-state index in [9.17, 15) is 14.7 Å². The van der Waals surface area contributed by atoms with Crippen molar-refractivity contribution in [3.8, 4) is 5.75 Å². The quantitative estimate of drug-likeness (QED) is 0.558. The molecule has 0 aliphatic carbocycles. The molecule has 0 radical (unpaired) electrons. The van der Waals surface area contributed by atoms with E-state index in [0.717, 1.165) is 16.2 Å². The first-order chi connectivity index (χ1) is 14.8. The number of carbonyl (C=O) groups excluding carboxylic acids is 1. The van der Waals surface area contributed by atoms with Crippen LogP contribution in [0.1, 0.15) is 30.3 Å². The summed E-state index contributed by atoms with van der Waals surface area (Å²) in [4.78, 5) is 31.9. The van der Waals surface area contributed by atoms with Crippen molar-refractivity contribution < 1.29 is 14.6 Å². The van der Waals surface area contributed by atoms with Gasteiger partial charge in [0.2, 0.25) is 0 Å². The fraction of sp³-hybridized carbons (Fsp3) is 0.190. The van der Waals surface area contributed by atoms with E-state index in [4.69, 9.17) is 27.9 Å². The average molecular weight is 495 g/mol. The van der Waals surface area contributed by atoms with Crippen molar-refractivity contribution in [1.29, 1.82) is 0 Å². The van der Waals surface area contributed by atoms with Crippen LogP contribution in [0.3, 0.4) is 0 Å². The molecule has 1 N–H and O–H groups in total. The number of phenolic OH excluding ortho intramolecular Hbond substituents is 1. The van der Waals surface area contributed by atoms with E-state index in [-0.39, 0.29) is 22.9 Å². The summed E-state index contributed by atoms with van der Waals surface area (Å²) in [6.45, 7) is 3.67. The lowest BCUT2D eigenvalue weighted by atomic mass is 10.0. The molecular formula is C21H16Cl2N2O4S2. The van der Waals surface area contributed by atoms with Crippen LogP contribution >= 0.6 is 45.9 Å². The predicted octanol–water partition coefficient (Wildman–Crippen LogP) is 3.87. The van der Waals surface area contributed by atoms with Crippen molar-refractivity contribution in [1.82, 2.24) is 4.57 Å². The van der Waals surface area contributed by atoms with Crippen LogP contribution in [0.4, 0.5) is 0 Å². The zero-order valence-electron chi connectivity index (χ0n) is 16.4. The number of carbonyl (C=O) groups is 1. The summed E-state index contributed by atoms with van der Waals surface area (Å²) in [6.07, 6.45) is 1.52. The molecule has 0 saturated carbocycles. The van der Waals surface area contributed by atoms with E-state index in [2.05, 4.69) is 4.99 Å². The Hall–Kier alpha value is -2.39.